The summed E-state index contributed by atoms with van der Waals surface area (Å²) in [5.41, 5.74) is 7.15. The number of nitrogen functional groups attached to an aromatic ring is 1. The first-order valence-corrected chi connectivity index (χ1v) is 7.46. The van der Waals surface area contributed by atoms with E-state index in [9.17, 15) is 4.79 Å². The molecule has 4 heteroatoms. The Balaban J connectivity index is 1.92. The number of nitrogens with zero attached hydrogens (tertiary/aromatic N) is 1. The molecule has 0 aromatic heterocycles. The summed E-state index contributed by atoms with van der Waals surface area (Å²) in [6.07, 6.45) is 6.30. The lowest BCUT2D eigenvalue weighted by Crippen LogP contribution is -2.46. The fraction of sp³-hybridized carbons (Fsp3) is 0.562. The SMILES string of the molecule is CC(C(=O)Nc1ccc(N)cc1)N(C)C1CCCCC1. The van der Waals surface area contributed by atoms with Crippen molar-refractivity contribution in [1.29, 1.82) is 0 Å². The number of hydrogen-bond donors (Lipinski definition) is 2. The quantitative estimate of drug-likeness (QED) is 0.831. The number of anilines is 2. The van der Waals surface area contributed by atoms with Crippen LogP contribution in [0.1, 0.15) is 39.0 Å². The van der Waals surface area contributed by atoms with Gasteiger partial charge in [-0.2, -0.15) is 0 Å². The Hall–Kier alpha value is -1.55. The van der Waals surface area contributed by atoms with Gasteiger partial charge in [-0.05, 0) is 51.1 Å². The van der Waals surface area contributed by atoms with Crippen molar-refractivity contribution < 1.29 is 4.79 Å². The van der Waals surface area contributed by atoms with Gasteiger partial charge in [0.2, 0.25) is 5.91 Å². The summed E-state index contributed by atoms with van der Waals surface area (Å²) >= 11 is 0. The van der Waals surface area contributed by atoms with Gasteiger partial charge in [0.25, 0.3) is 0 Å². The van der Waals surface area contributed by atoms with Crippen molar-refractivity contribution >= 4 is 17.3 Å². The highest BCUT2D eigenvalue weighted by molar-refractivity contribution is 5.94. The zero-order chi connectivity index (χ0) is 14.5. The summed E-state index contributed by atoms with van der Waals surface area (Å²) in [6.45, 7) is 1.97. The van der Waals surface area contributed by atoms with E-state index in [1.807, 2.05) is 19.1 Å². The number of benzene rings is 1. The first kappa shape index (κ1) is 14.9. The molecule has 1 saturated carbocycles. The first-order valence-electron chi connectivity index (χ1n) is 7.46. The molecule has 20 heavy (non-hydrogen) atoms. The Morgan fingerprint density at radius 2 is 1.85 bits per heavy atom. The van der Waals surface area contributed by atoms with Gasteiger partial charge >= 0.3 is 0 Å². The van der Waals surface area contributed by atoms with Crippen molar-refractivity contribution in [2.75, 3.05) is 18.1 Å². The molecule has 3 N–H and O–H groups in total. The molecule has 1 aromatic carbocycles. The van der Waals surface area contributed by atoms with Gasteiger partial charge in [0.1, 0.15) is 0 Å². The maximum Gasteiger partial charge on any atom is 0.241 e. The average molecular weight is 275 g/mol. The van der Waals surface area contributed by atoms with Gasteiger partial charge in [-0.3, -0.25) is 9.69 Å². The molecule has 1 aliphatic rings. The first-order chi connectivity index (χ1) is 9.58. The summed E-state index contributed by atoms with van der Waals surface area (Å²) in [5.74, 6) is 0.0443. The lowest BCUT2D eigenvalue weighted by molar-refractivity contribution is -0.121. The van der Waals surface area contributed by atoms with E-state index in [1.165, 1.54) is 32.1 Å². The van der Waals surface area contributed by atoms with Gasteiger partial charge in [-0.15, -0.1) is 0 Å². The standard InChI is InChI=1S/C16H25N3O/c1-12(19(2)15-6-4-3-5-7-15)16(20)18-14-10-8-13(17)9-11-14/h8-12,15H,3-7,17H2,1-2H3,(H,18,20). The number of rotatable bonds is 4. The van der Waals surface area contributed by atoms with E-state index in [0.717, 1.165) is 5.69 Å². The van der Waals surface area contributed by atoms with Gasteiger partial charge in [-0.25, -0.2) is 0 Å². The van der Waals surface area contributed by atoms with Crippen LogP contribution in [0.4, 0.5) is 11.4 Å². The number of nitrogens with two attached hydrogens (primary N) is 1. The molecule has 2 rings (SSSR count). The van der Waals surface area contributed by atoms with Crippen molar-refractivity contribution in [2.24, 2.45) is 0 Å². The van der Waals surface area contributed by atoms with E-state index in [0.29, 0.717) is 11.7 Å². The molecule has 110 valence electrons. The Morgan fingerprint density at radius 3 is 2.45 bits per heavy atom. The Labute approximate surface area is 121 Å². The molecule has 4 nitrogen and oxygen atoms in total. The van der Waals surface area contributed by atoms with E-state index in [2.05, 4.69) is 17.3 Å². The smallest absolute Gasteiger partial charge is 0.241 e. The lowest BCUT2D eigenvalue weighted by atomic mass is 9.93. The van der Waals surface area contributed by atoms with Crippen molar-refractivity contribution in [1.82, 2.24) is 4.90 Å². The summed E-state index contributed by atoms with van der Waals surface area (Å²) in [6, 6.07) is 7.68. The molecule has 0 aliphatic heterocycles. The van der Waals surface area contributed by atoms with Crippen LogP contribution in [0, 0.1) is 0 Å². The fourth-order valence-corrected chi connectivity index (χ4v) is 2.80. The molecule has 0 heterocycles. The van der Waals surface area contributed by atoms with Crippen LogP contribution in [0.25, 0.3) is 0 Å². The molecule has 1 aliphatic carbocycles. The molecule has 0 bridgehead atoms. The number of amides is 1. The zero-order valence-electron chi connectivity index (χ0n) is 12.4. The second-order valence-electron chi connectivity index (χ2n) is 5.74. The van der Waals surface area contributed by atoms with Crippen LogP contribution in [-0.4, -0.2) is 29.9 Å². The third kappa shape index (κ3) is 3.73. The van der Waals surface area contributed by atoms with Crippen molar-refractivity contribution in [3.8, 4) is 0 Å². The molecule has 1 amide bonds. The van der Waals surface area contributed by atoms with E-state index in [-0.39, 0.29) is 11.9 Å². The average Bonchev–Trinajstić information content (AvgIpc) is 2.49. The topological polar surface area (TPSA) is 58.4 Å². The second-order valence-corrected chi connectivity index (χ2v) is 5.74. The van der Waals surface area contributed by atoms with Gasteiger partial charge in [0, 0.05) is 17.4 Å². The van der Waals surface area contributed by atoms with E-state index in [1.54, 1.807) is 12.1 Å². The van der Waals surface area contributed by atoms with Crippen molar-refractivity contribution in [3.05, 3.63) is 24.3 Å². The summed E-state index contributed by atoms with van der Waals surface area (Å²) in [4.78, 5) is 14.5. The molecule has 1 aromatic rings. The number of carbonyl (C=O) groups is 1. The third-order valence-corrected chi connectivity index (χ3v) is 4.32. The monoisotopic (exact) mass is 275 g/mol. The summed E-state index contributed by atoms with van der Waals surface area (Å²) < 4.78 is 0. The van der Waals surface area contributed by atoms with Crippen molar-refractivity contribution in [3.63, 3.8) is 0 Å². The highest BCUT2D eigenvalue weighted by atomic mass is 16.2. The van der Waals surface area contributed by atoms with Crippen LogP contribution in [0.2, 0.25) is 0 Å². The van der Waals surface area contributed by atoms with Crippen LogP contribution >= 0.6 is 0 Å². The molecule has 0 spiro atoms. The predicted octanol–water partition coefficient (Wildman–Crippen LogP) is 2.86. The minimum Gasteiger partial charge on any atom is -0.399 e. The Kier molecular flexibility index (Phi) is 5.01. The molecule has 1 atom stereocenters. The van der Waals surface area contributed by atoms with Crippen molar-refractivity contribution in [2.45, 2.75) is 51.1 Å². The van der Waals surface area contributed by atoms with Gasteiger partial charge in [0.15, 0.2) is 0 Å². The zero-order valence-corrected chi connectivity index (χ0v) is 12.4. The Morgan fingerprint density at radius 1 is 1.25 bits per heavy atom. The second kappa shape index (κ2) is 6.75. The molecular formula is C16H25N3O. The van der Waals surface area contributed by atoms with Gasteiger partial charge in [-0.1, -0.05) is 19.3 Å². The van der Waals surface area contributed by atoms with Crippen LogP contribution in [-0.2, 0) is 4.79 Å². The normalized spacial score (nSPS) is 17.9. The van der Waals surface area contributed by atoms with E-state index < -0.39 is 0 Å². The van der Waals surface area contributed by atoms with Crippen LogP contribution < -0.4 is 11.1 Å². The molecule has 0 radical (unpaired) electrons. The largest absolute Gasteiger partial charge is 0.399 e. The molecule has 1 fully saturated rings. The van der Waals surface area contributed by atoms with E-state index in [4.69, 9.17) is 5.73 Å². The lowest BCUT2D eigenvalue weighted by Gasteiger charge is -2.34. The number of likely N-dealkylation sites (N-methyl/N-ethyl adjacent to an activating group) is 1. The molecule has 1 unspecified atom stereocenters. The Bertz CT molecular complexity index is 438. The number of carbonyl (C=O) groups excluding carboxylic acids is 1. The highest BCUT2D eigenvalue weighted by Crippen LogP contribution is 2.23. The number of hydrogen-bond acceptors (Lipinski definition) is 3. The van der Waals surface area contributed by atoms with Gasteiger partial charge < -0.3 is 11.1 Å². The fourth-order valence-electron chi connectivity index (χ4n) is 2.80. The maximum absolute atomic E-state index is 12.3. The third-order valence-electron chi connectivity index (χ3n) is 4.32. The molecule has 0 saturated heterocycles. The predicted molar refractivity (Wildman–Crippen MR) is 83.6 cm³/mol. The minimum absolute atomic E-state index is 0.0443. The van der Waals surface area contributed by atoms with Crippen LogP contribution in [0.5, 0.6) is 0 Å². The van der Waals surface area contributed by atoms with Crippen LogP contribution in [0.3, 0.4) is 0 Å². The van der Waals surface area contributed by atoms with E-state index >= 15 is 0 Å². The number of nitrogens with one attached hydrogen (secondary N) is 1. The summed E-state index contributed by atoms with van der Waals surface area (Å²) in [5, 5.41) is 2.95. The van der Waals surface area contributed by atoms with Crippen LogP contribution in [0.15, 0.2) is 24.3 Å². The maximum atomic E-state index is 12.3. The van der Waals surface area contributed by atoms with Gasteiger partial charge in [0.05, 0.1) is 6.04 Å². The molecular weight excluding hydrogens is 250 g/mol. The summed E-state index contributed by atoms with van der Waals surface area (Å²) in [7, 11) is 2.06. The minimum atomic E-state index is -0.115. The highest BCUT2D eigenvalue weighted by Gasteiger charge is 2.26.